The van der Waals surface area contributed by atoms with Crippen LogP contribution in [0, 0.1) is 6.92 Å². The molecule has 126 valence electrons. The van der Waals surface area contributed by atoms with Crippen molar-refractivity contribution in [3.8, 4) is 0 Å². The minimum Gasteiger partial charge on any atom is -0.295 e. The van der Waals surface area contributed by atoms with E-state index in [1.54, 1.807) is 6.92 Å². The van der Waals surface area contributed by atoms with Gasteiger partial charge in [0.25, 0.3) is 5.91 Å². The third kappa shape index (κ3) is 2.96. The van der Waals surface area contributed by atoms with E-state index in [0.29, 0.717) is 12.1 Å². The van der Waals surface area contributed by atoms with Gasteiger partial charge >= 0.3 is 6.18 Å². The summed E-state index contributed by atoms with van der Waals surface area (Å²) in [5.74, 6) is -0.585. The lowest BCUT2D eigenvalue weighted by Gasteiger charge is -2.08. The number of nitrogens with zero attached hydrogens (tertiary/aromatic N) is 4. The zero-order valence-electron chi connectivity index (χ0n) is 12.7. The summed E-state index contributed by atoms with van der Waals surface area (Å²) in [5, 5.41) is 11.3. The summed E-state index contributed by atoms with van der Waals surface area (Å²) in [7, 11) is 0. The minimum atomic E-state index is -4.50. The van der Waals surface area contributed by atoms with Crippen molar-refractivity contribution in [1.82, 2.24) is 19.6 Å². The van der Waals surface area contributed by atoms with E-state index in [1.807, 2.05) is 6.92 Å². The zero-order chi connectivity index (χ0) is 17.5. The van der Waals surface area contributed by atoms with Crippen LogP contribution in [0.15, 0.2) is 18.3 Å². The van der Waals surface area contributed by atoms with Gasteiger partial charge in [-0.05, 0) is 25.5 Å². The van der Waals surface area contributed by atoms with Gasteiger partial charge in [-0.25, -0.2) is 4.98 Å². The number of aromatic nitrogens is 4. The van der Waals surface area contributed by atoms with Gasteiger partial charge in [0.1, 0.15) is 16.3 Å². The Bertz CT molecular complexity index is 915. The number of pyridine rings is 1. The number of carbonyl (C=O) groups excluding carboxylic acids is 1. The van der Waals surface area contributed by atoms with Crippen LogP contribution in [0.3, 0.4) is 0 Å². The predicted molar refractivity (Wildman–Crippen MR) is 82.2 cm³/mol. The van der Waals surface area contributed by atoms with E-state index in [-0.39, 0.29) is 16.5 Å². The van der Waals surface area contributed by atoms with Crippen molar-refractivity contribution < 1.29 is 18.0 Å². The maximum atomic E-state index is 12.9. The first-order chi connectivity index (χ1) is 11.3. The molecule has 0 saturated heterocycles. The molecule has 0 unspecified atom stereocenters. The van der Waals surface area contributed by atoms with E-state index >= 15 is 0 Å². The van der Waals surface area contributed by atoms with Crippen LogP contribution in [-0.2, 0) is 12.6 Å². The Morgan fingerprint density at radius 1 is 1.33 bits per heavy atom. The summed E-state index contributed by atoms with van der Waals surface area (Å²) in [6.07, 6.45) is -2.96. The van der Waals surface area contributed by atoms with Gasteiger partial charge in [0.15, 0.2) is 0 Å². The lowest BCUT2D eigenvalue weighted by molar-refractivity contribution is -0.137. The van der Waals surface area contributed by atoms with Crippen LogP contribution < -0.4 is 5.32 Å². The largest absolute Gasteiger partial charge is 0.417 e. The van der Waals surface area contributed by atoms with Crippen LogP contribution in [0.4, 0.5) is 18.3 Å². The number of aryl methyl sites for hydroxylation is 2. The van der Waals surface area contributed by atoms with Crippen molar-refractivity contribution >= 4 is 28.0 Å². The summed E-state index contributed by atoms with van der Waals surface area (Å²) in [6, 6.07) is 2.16. The minimum absolute atomic E-state index is 0.0318. The lowest BCUT2D eigenvalue weighted by Crippen LogP contribution is -2.16. The van der Waals surface area contributed by atoms with E-state index in [9.17, 15) is 18.0 Å². The highest BCUT2D eigenvalue weighted by Gasteiger charge is 2.31. The maximum Gasteiger partial charge on any atom is 0.417 e. The molecule has 0 saturated carbocycles. The molecule has 0 aliphatic rings. The van der Waals surface area contributed by atoms with E-state index < -0.39 is 17.6 Å². The number of hydrogen-bond donors (Lipinski definition) is 1. The van der Waals surface area contributed by atoms with Crippen LogP contribution >= 0.6 is 11.3 Å². The number of rotatable bonds is 3. The average molecular weight is 355 g/mol. The Morgan fingerprint density at radius 3 is 2.71 bits per heavy atom. The van der Waals surface area contributed by atoms with Gasteiger partial charge in [0, 0.05) is 6.20 Å². The number of hydrogen-bond acceptors (Lipinski definition) is 5. The lowest BCUT2D eigenvalue weighted by atomic mass is 10.2. The summed E-state index contributed by atoms with van der Waals surface area (Å²) in [4.78, 5) is 16.6. The number of amides is 1. The third-order valence-corrected chi connectivity index (χ3v) is 4.31. The van der Waals surface area contributed by atoms with Gasteiger partial charge in [-0.2, -0.15) is 13.2 Å². The van der Waals surface area contributed by atoms with Gasteiger partial charge in [0.2, 0.25) is 5.13 Å². The second-order valence-corrected chi connectivity index (χ2v) is 6.06. The van der Waals surface area contributed by atoms with Gasteiger partial charge < -0.3 is 0 Å². The third-order valence-electron chi connectivity index (χ3n) is 3.32. The fourth-order valence-electron chi connectivity index (χ4n) is 2.21. The molecule has 1 N–H and O–H groups in total. The Labute approximate surface area is 138 Å². The first kappa shape index (κ1) is 16.4. The molecule has 10 heteroatoms. The van der Waals surface area contributed by atoms with Crippen molar-refractivity contribution in [3.05, 3.63) is 40.3 Å². The molecule has 3 aromatic heterocycles. The number of nitrogens with one attached hydrogen (secondary N) is 1. The Kier molecular flexibility index (Phi) is 3.99. The molecule has 24 heavy (non-hydrogen) atoms. The highest BCUT2D eigenvalue weighted by atomic mass is 32.1. The van der Waals surface area contributed by atoms with Crippen LogP contribution in [0.2, 0.25) is 0 Å². The fourth-order valence-corrected chi connectivity index (χ4v) is 2.88. The molecule has 0 fully saturated rings. The molecular formula is C14H12F3N5OS. The van der Waals surface area contributed by atoms with Crippen LogP contribution in [0.25, 0.3) is 5.65 Å². The number of halogens is 3. The molecular weight excluding hydrogens is 343 g/mol. The summed E-state index contributed by atoms with van der Waals surface area (Å²) in [6.45, 7) is 3.46. The number of imidazole rings is 1. The molecule has 0 aliphatic carbocycles. The SMILES string of the molecule is CCc1nnc(NC(=O)c2c(C)nc3ccc(C(F)(F)F)cn23)s1. The molecule has 0 atom stereocenters. The number of carbonyl (C=O) groups is 1. The highest BCUT2D eigenvalue weighted by Crippen LogP contribution is 2.30. The fraction of sp³-hybridized carbons (Fsp3) is 0.286. The van der Waals surface area contributed by atoms with Gasteiger partial charge in [-0.1, -0.05) is 18.3 Å². The molecule has 0 spiro atoms. The second kappa shape index (κ2) is 5.86. The number of fused-ring (bicyclic) bond motifs is 1. The number of alkyl halides is 3. The second-order valence-electron chi connectivity index (χ2n) is 5.00. The molecule has 1 amide bonds. The van der Waals surface area contributed by atoms with E-state index in [1.165, 1.54) is 17.4 Å². The Hall–Kier alpha value is -2.49. The zero-order valence-corrected chi connectivity index (χ0v) is 13.5. The van der Waals surface area contributed by atoms with Crippen molar-refractivity contribution in [3.63, 3.8) is 0 Å². The molecule has 3 rings (SSSR count). The summed E-state index contributed by atoms with van der Waals surface area (Å²) < 4.78 is 39.8. The standard InChI is InChI=1S/C14H12F3N5OS/c1-3-10-20-21-13(24-10)19-12(23)11-7(2)18-9-5-4-8(6-22(9)11)14(15,16)17/h4-6H,3H2,1-2H3,(H,19,21,23). The average Bonchev–Trinajstić information content (AvgIpc) is 3.08. The first-order valence-electron chi connectivity index (χ1n) is 6.99. The van der Waals surface area contributed by atoms with E-state index in [0.717, 1.165) is 21.7 Å². The normalized spacial score (nSPS) is 11.9. The van der Waals surface area contributed by atoms with E-state index in [4.69, 9.17) is 0 Å². The maximum absolute atomic E-state index is 12.9. The highest BCUT2D eigenvalue weighted by molar-refractivity contribution is 7.15. The molecule has 0 bridgehead atoms. The topological polar surface area (TPSA) is 72.2 Å². The van der Waals surface area contributed by atoms with Gasteiger partial charge in [0.05, 0.1) is 11.3 Å². The molecule has 6 nitrogen and oxygen atoms in total. The van der Waals surface area contributed by atoms with Crippen LogP contribution in [0.5, 0.6) is 0 Å². The van der Waals surface area contributed by atoms with Crippen LogP contribution in [-0.4, -0.2) is 25.5 Å². The predicted octanol–water partition coefficient (Wildman–Crippen LogP) is 3.33. The molecule has 0 radical (unpaired) electrons. The smallest absolute Gasteiger partial charge is 0.295 e. The molecule has 3 heterocycles. The summed E-state index contributed by atoms with van der Waals surface area (Å²) >= 11 is 1.21. The van der Waals surface area contributed by atoms with Crippen molar-refractivity contribution in [2.75, 3.05) is 5.32 Å². The van der Waals surface area contributed by atoms with Gasteiger partial charge in [-0.15, -0.1) is 10.2 Å². The Morgan fingerprint density at radius 2 is 2.08 bits per heavy atom. The molecule has 3 aromatic rings. The monoisotopic (exact) mass is 355 g/mol. The van der Waals surface area contributed by atoms with Crippen LogP contribution in [0.1, 0.15) is 33.7 Å². The molecule has 0 aliphatic heterocycles. The molecule has 0 aromatic carbocycles. The van der Waals surface area contributed by atoms with Crippen molar-refractivity contribution in [2.45, 2.75) is 26.4 Å². The first-order valence-corrected chi connectivity index (χ1v) is 7.81. The van der Waals surface area contributed by atoms with E-state index in [2.05, 4.69) is 20.5 Å². The summed E-state index contributed by atoms with van der Waals surface area (Å²) in [5.41, 5.74) is -0.237. The quantitative estimate of drug-likeness (QED) is 0.782. The Balaban J connectivity index is 2.00. The number of anilines is 1. The van der Waals surface area contributed by atoms with Crippen molar-refractivity contribution in [2.24, 2.45) is 0 Å². The van der Waals surface area contributed by atoms with Crippen molar-refractivity contribution in [1.29, 1.82) is 0 Å². The van der Waals surface area contributed by atoms with Gasteiger partial charge in [-0.3, -0.25) is 14.5 Å².